The molecule has 0 aliphatic carbocycles. The number of hydrogen-bond acceptors (Lipinski definition) is 29. The lowest BCUT2D eigenvalue weighted by atomic mass is 10.0. The Labute approximate surface area is 722 Å². The molecule has 0 amide bonds. The van der Waals surface area contributed by atoms with E-state index < -0.39 is 0 Å². The van der Waals surface area contributed by atoms with Gasteiger partial charge in [-0.15, -0.1) is 15.3 Å². The zero-order valence-corrected chi connectivity index (χ0v) is 73.0. The summed E-state index contributed by atoms with van der Waals surface area (Å²) in [5.41, 5.74) is 22.9. The number of fused-ring (bicyclic) bond motifs is 12. The van der Waals surface area contributed by atoms with Crippen LogP contribution in [-0.2, 0) is 71.2 Å². The summed E-state index contributed by atoms with van der Waals surface area (Å²) in [7, 11) is 11.5. The van der Waals surface area contributed by atoms with Gasteiger partial charge in [-0.25, -0.2) is 29.9 Å². The largest absolute Gasteiger partial charge is 0.497 e. The summed E-state index contributed by atoms with van der Waals surface area (Å²) in [5.74, 6) is 8.73. The first-order valence-corrected chi connectivity index (χ1v) is 43.1. The predicted octanol–water partition coefficient (Wildman–Crippen LogP) is 10.7. The molecule has 4 N–H and O–H groups in total. The van der Waals surface area contributed by atoms with Crippen molar-refractivity contribution < 1.29 is 33.2 Å². The maximum absolute atomic E-state index is 6.21. The van der Waals surface area contributed by atoms with Crippen LogP contribution in [0.2, 0.25) is 0 Å². The highest BCUT2D eigenvalue weighted by molar-refractivity contribution is 9.10. The summed E-state index contributed by atoms with van der Waals surface area (Å²) in [5, 5.41) is 24.1. The fraction of sp³-hybridized carbons (Fsp3) is 0.400. The molecule has 5 aliphatic rings. The number of pyridine rings is 3. The Hall–Kier alpha value is -12.1. The Kier molecular flexibility index (Phi) is 25.5. The highest BCUT2D eigenvalue weighted by Crippen LogP contribution is 2.37. The summed E-state index contributed by atoms with van der Waals surface area (Å²) >= 11 is 3.66. The van der Waals surface area contributed by atoms with Crippen LogP contribution in [0.4, 0.5) is 29.2 Å². The topological polar surface area (TPSA) is 305 Å². The third-order valence-electron chi connectivity index (χ3n) is 24.2. The predicted molar refractivity (Wildman–Crippen MR) is 480 cm³/mol. The Morgan fingerprint density at radius 2 is 0.756 bits per heavy atom. The van der Waals surface area contributed by atoms with E-state index >= 15 is 0 Å². The van der Waals surface area contributed by atoms with Gasteiger partial charge >= 0.3 is 0 Å². The summed E-state index contributed by atoms with van der Waals surface area (Å²) in [6.07, 6.45) is 11.0. The van der Waals surface area contributed by atoms with E-state index in [4.69, 9.17) is 84.0 Å². The normalized spacial score (nSPS) is 15.3. The number of nitrogens with two attached hydrogens (primary N) is 1. The molecule has 0 spiro atoms. The molecule has 5 aliphatic heterocycles. The highest BCUT2D eigenvalue weighted by atomic mass is 79.9. The Morgan fingerprint density at radius 1 is 0.382 bits per heavy atom. The number of benzene rings is 5. The summed E-state index contributed by atoms with van der Waals surface area (Å²) in [6.45, 7) is 24.6. The van der Waals surface area contributed by atoms with Gasteiger partial charge in [-0.2, -0.15) is 13.5 Å². The lowest BCUT2D eigenvalue weighted by Gasteiger charge is -2.38. The smallest absolute Gasteiger partial charge is 0.226 e. The molecular weight excluding hydrogens is 1620 g/mol. The van der Waals surface area contributed by atoms with Gasteiger partial charge in [0.05, 0.1) is 66.9 Å². The number of halogens is 1. The van der Waals surface area contributed by atoms with E-state index in [1.165, 1.54) is 39.5 Å². The average Bonchev–Trinajstić information content (AvgIpc) is 1.66. The molecule has 32 nitrogen and oxygen atoms in total. The van der Waals surface area contributed by atoms with Gasteiger partial charge in [-0.05, 0) is 128 Å². The minimum atomic E-state index is 0.309. The van der Waals surface area contributed by atoms with E-state index in [-0.39, 0.29) is 0 Å². The van der Waals surface area contributed by atoms with Crippen molar-refractivity contribution in [2.24, 2.45) is 0 Å². The van der Waals surface area contributed by atoms with E-state index in [9.17, 15) is 0 Å². The quantitative estimate of drug-likeness (QED) is 0.0454. The van der Waals surface area contributed by atoms with E-state index in [0.29, 0.717) is 72.2 Å². The van der Waals surface area contributed by atoms with Gasteiger partial charge in [0.2, 0.25) is 17.8 Å². The monoisotopic (exact) mass is 1730 g/mol. The third kappa shape index (κ3) is 17.8. The number of nitrogens with zero attached hydrogens (tertiary/aromatic N) is 22. The molecule has 19 rings (SSSR count). The number of rotatable bonds is 26. The lowest BCUT2D eigenvalue weighted by molar-refractivity contribution is 0.250. The van der Waals surface area contributed by atoms with Crippen LogP contribution < -0.4 is 59.3 Å². The lowest BCUT2D eigenvalue weighted by Crippen LogP contribution is -2.47. The molecule has 2 fully saturated rings. The number of piperazine rings is 2. The first-order valence-electron chi connectivity index (χ1n) is 42.3. The molecule has 9 aromatic heterocycles. The van der Waals surface area contributed by atoms with E-state index in [1.54, 1.807) is 58.8 Å². The maximum atomic E-state index is 6.21. The second kappa shape index (κ2) is 37.7. The molecule has 0 atom stereocenters. The summed E-state index contributed by atoms with van der Waals surface area (Å²) in [6, 6.07) is 35.5. The number of nitrogen functional groups attached to an aromatic ring is 1. The number of ether oxygens (including phenoxy) is 7. The number of hydrogen-bond donors (Lipinski definition) is 3. The van der Waals surface area contributed by atoms with Gasteiger partial charge in [0.25, 0.3) is 0 Å². The molecule has 0 bridgehead atoms. The molecule has 640 valence electrons. The maximum Gasteiger partial charge on any atom is 0.226 e. The van der Waals surface area contributed by atoms with Crippen molar-refractivity contribution in [3.8, 4) is 40.2 Å². The van der Waals surface area contributed by atoms with Crippen LogP contribution in [0, 0.1) is 0 Å². The fourth-order valence-electron chi connectivity index (χ4n) is 17.4. The number of anilines is 5. The van der Waals surface area contributed by atoms with Gasteiger partial charge in [0, 0.05) is 217 Å². The van der Waals surface area contributed by atoms with Gasteiger partial charge in [-0.3, -0.25) is 29.7 Å². The van der Waals surface area contributed by atoms with Gasteiger partial charge in [0.1, 0.15) is 56.8 Å². The molecule has 2 saturated heterocycles. The molecule has 0 unspecified atom stereocenters. The van der Waals surface area contributed by atoms with Crippen LogP contribution in [0.25, 0.3) is 49.7 Å². The van der Waals surface area contributed by atoms with Crippen LogP contribution in [-0.4, -0.2) is 253 Å². The van der Waals surface area contributed by atoms with E-state index in [2.05, 4.69) is 102 Å². The highest BCUT2D eigenvalue weighted by Gasteiger charge is 2.30. The Bertz CT molecular complexity index is 6110. The van der Waals surface area contributed by atoms with Crippen LogP contribution in [0.15, 0.2) is 132 Å². The number of likely N-dealkylation sites (N-methyl/N-ethyl adjacent to an activating group) is 2. The van der Waals surface area contributed by atoms with Gasteiger partial charge < -0.3 is 69.1 Å². The number of nitrogens with one attached hydrogen (secondary N) is 2. The molecule has 14 aromatic rings. The first-order chi connectivity index (χ1) is 60.3. The average molecular weight is 1730 g/mol. The van der Waals surface area contributed by atoms with Crippen molar-refractivity contribution in [2.75, 3.05) is 181 Å². The second-order valence-corrected chi connectivity index (χ2v) is 32.0. The summed E-state index contributed by atoms with van der Waals surface area (Å²) < 4.78 is 45.1. The zero-order chi connectivity index (χ0) is 84.6. The third-order valence-corrected chi connectivity index (χ3v) is 25.0. The minimum absolute atomic E-state index is 0.309. The number of para-hydroxylation sites is 3. The standard InChI is InChI=1S/C35H43N9O3.C29H30BrN7O3.C26H33N9O/c1-5-41-17-19-43(20-18-41)29-11-14-36-28-23-42(15-12-26(28)29)16-13-32-38-34-27-7-6-8-30(46-3)33(27)39-35(44(34)40-32)37-22-24-9-10-25(45-2)21-31(24)47-4;1-38-19-8-7-18(25(15-19)40-3)16-32-29-34-27-21(5-4-6-24(27)39-2)28-33-26(35-37(28)29)11-14-36-13-10-20-22(30)9-12-31-23(20)17-36;1-3-32-13-15-34(16-14-32)21-7-10-28-20-17-33(11-8-18(20)21)12-9-23-29-25-19-5-4-6-22(36-2)24(19)30-26(27)35(25)31-23/h6-11,14,21H,5,12-13,15-20,22-23H2,1-4H3,(H,37,39);4-9,12,15H,10-11,13-14,16-17H2,1-3H3,(H,32,34);4-7,10H,3,8-9,11-17H2,1-2H3,(H2,27,30). The van der Waals surface area contributed by atoms with E-state index in [0.717, 1.165) is 250 Å². The van der Waals surface area contributed by atoms with Crippen LogP contribution in [0.5, 0.6) is 40.2 Å². The number of methoxy groups -OCH3 is 7. The van der Waals surface area contributed by atoms with Crippen molar-refractivity contribution in [3.05, 3.63) is 195 Å². The molecule has 14 heterocycles. The fourth-order valence-corrected chi connectivity index (χ4v) is 17.9. The van der Waals surface area contributed by atoms with Crippen molar-refractivity contribution in [1.29, 1.82) is 0 Å². The number of aromatic nitrogens is 15. The SMILES string of the molecule is CCN1CCN(c2ccnc3c2CCN(CCc2nc4c5cccc(OC)c5nc(N)n4n2)C3)CC1.CCN1CCN(c2ccnc3c2CCN(CCc2nc4c5cccc(OC)c5nc(NCc5ccc(OC)cc5OC)n4n2)C3)CC1.COc1ccc(CNc2nc3c(OC)cccc3c3nc(CCN4CCc5c(Br)ccnc5C4)nn23)c(OC)c1. The van der Waals surface area contributed by atoms with Crippen molar-refractivity contribution in [3.63, 3.8) is 0 Å². The van der Waals surface area contributed by atoms with Crippen molar-refractivity contribution in [2.45, 2.75) is 85.1 Å². The molecule has 0 radical (unpaired) electrons. The zero-order valence-electron chi connectivity index (χ0n) is 71.4. The van der Waals surface area contributed by atoms with Crippen LogP contribution in [0.1, 0.15) is 76.2 Å². The van der Waals surface area contributed by atoms with Crippen molar-refractivity contribution in [1.82, 2.24) is 98.2 Å². The molecule has 5 aromatic carbocycles. The van der Waals surface area contributed by atoms with Gasteiger partial charge in [0.15, 0.2) is 34.4 Å². The molecule has 33 heteroatoms. The van der Waals surface area contributed by atoms with Crippen molar-refractivity contribution >= 4 is 94.8 Å². The minimum Gasteiger partial charge on any atom is -0.497 e. The Morgan fingerprint density at radius 3 is 1.15 bits per heavy atom. The first kappa shape index (κ1) is 83.1. The molecule has 123 heavy (non-hydrogen) atoms. The molecule has 0 saturated carbocycles. The second-order valence-electron chi connectivity index (χ2n) is 31.2. The van der Waals surface area contributed by atoms with Gasteiger partial charge in [-0.1, -0.05) is 48.0 Å². The Balaban J connectivity index is 0.000000132. The van der Waals surface area contributed by atoms with Crippen LogP contribution in [0.3, 0.4) is 0 Å². The summed E-state index contributed by atoms with van der Waals surface area (Å²) in [4.78, 5) is 60.8. The molecular formula is C90H106BrN25O7. The van der Waals surface area contributed by atoms with Crippen LogP contribution >= 0.6 is 15.9 Å². The van der Waals surface area contributed by atoms with E-state index in [1.807, 2.05) is 120 Å².